The number of carbonyl (C=O) groups is 1. The van der Waals surface area contributed by atoms with Gasteiger partial charge in [-0.15, -0.1) is 0 Å². The van der Waals surface area contributed by atoms with E-state index in [4.69, 9.17) is 0 Å². The molecule has 0 saturated heterocycles. The topological polar surface area (TPSA) is 40.1 Å². The third-order valence-corrected chi connectivity index (χ3v) is 1.41. The Labute approximate surface area is 111 Å². The molecular weight excluding hydrogens is 167 g/mol. The second kappa shape index (κ2) is 9.20. The third-order valence-electron chi connectivity index (χ3n) is 1.41. The molecular formula is C8H15KO2. The van der Waals surface area contributed by atoms with E-state index in [1.807, 2.05) is 0 Å². The number of hydrogen-bond acceptors (Lipinski definition) is 2. The molecule has 0 heterocycles. The summed E-state index contributed by atoms with van der Waals surface area (Å²) < 4.78 is 0. The van der Waals surface area contributed by atoms with E-state index in [-0.39, 0.29) is 57.8 Å². The maximum absolute atomic E-state index is 9.93. The van der Waals surface area contributed by atoms with Crippen LogP contribution < -0.4 is 56.5 Å². The molecule has 0 saturated carbocycles. The summed E-state index contributed by atoms with van der Waals surface area (Å²) in [4.78, 5) is 9.93. The van der Waals surface area contributed by atoms with Crippen LogP contribution in [0, 0.1) is 5.92 Å². The summed E-state index contributed by atoms with van der Waals surface area (Å²) in [6.07, 6.45) is 3.10. The molecule has 0 aliphatic rings. The average molecular weight is 182 g/mol. The van der Waals surface area contributed by atoms with Crippen LogP contribution in [0.2, 0.25) is 0 Å². The van der Waals surface area contributed by atoms with Gasteiger partial charge in [-0.2, -0.15) is 0 Å². The quantitative estimate of drug-likeness (QED) is 0.363. The molecule has 0 rings (SSSR count). The molecule has 0 aliphatic carbocycles. The van der Waals surface area contributed by atoms with Crippen LogP contribution in [-0.2, 0) is 4.79 Å². The predicted octanol–water partition coefficient (Wildman–Crippen LogP) is -2.04. The fourth-order valence-corrected chi connectivity index (χ4v) is 0.822. The Kier molecular flexibility index (Phi) is 12.2. The van der Waals surface area contributed by atoms with Gasteiger partial charge in [0.25, 0.3) is 0 Å². The fraction of sp³-hybridized carbons (Fsp3) is 0.875. The molecule has 3 heteroatoms. The summed E-state index contributed by atoms with van der Waals surface area (Å²) in [5.74, 6) is -0.245. The van der Waals surface area contributed by atoms with E-state index in [0.717, 1.165) is 19.3 Å². The Balaban J connectivity index is 0. The minimum absolute atomic E-state index is 0. The first-order chi connectivity index (χ1) is 4.63. The average Bonchev–Trinajstić information content (AvgIpc) is 1.79. The van der Waals surface area contributed by atoms with Crippen LogP contribution in [0.5, 0.6) is 0 Å². The van der Waals surface area contributed by atoms with Crippen LogP contribution in [0.15, 0.2) is 0 Å². The Hall–Kier alpha value is 1.11. The van der Waals surface area contributed by atoms with Crippen molar-refractivity contribution in [1.82, 2.24) is 0 Å². The Morgan fingerprint density at radius 3 is 2.27 bits per heavy atom. The van der Waals surface area contributed by atoms with Crippen LogP contribution >= 0.6 is 0 Å². The van der Waals surface area contributed by atoms with Crippen LogP contribution in [0.1, 0.15) is 39.5 Å². The summed E-state index contributed by atoms with van der Waals surface area (Å²) in [5.41, 5.74) is 0. The molecule has 0 N–H and O–H groups in total. The largest absolute Gasteiger partial charge is 1.00 e. The van der Waals surface area contributed by atoms with Gasteiger partial charge in [0.05, 0.1) is 0 Å². The van der Waals surface area contributed by atoms with E-state index in [9.17, 15) is 9.90 Å². The second-order valence-corrected chi connectivity index (χ2v) is 3.01. The number of carboxylic acid groups (broad SMARTS) is 1. The molecule has 0 bridgehead atoms. The first-order valence-electron chi connectivity index (χ1n) is 3.82. The van der Waals surface area contributed by atoms with Crippen molar-refractivity contribution in [2.75, 3.05) is 0 Å². The van der Waals surface area contributed by atoms with Gasteiger partial charge in [0.2, 0.25) is 0 Å². The Morgan fingerprint density at radius 2 is 1.91 bits per heavy atom. The van der Waals surface area contributed by atoms with Crippen LogP contribution in [0.4, 0.5) is 0 Å². The smallest absolute Gasteiger partial charge is 0.550 e. The van der Waals surface area contributed by atoms with Crippen LogP contribution in [0.3, 0.4) is 0 Å². The van der Waals surface area contributed by atoms with E-state index in [1.54, 1.807) is 0 Å². The van der Waals surface area contributed by atoms with E-state index >= 15 is 0 Å². The van der Waals surface area contributed by atoms with Crippen molar-refractivity contribution in [3.05, 3.63) is 0 Å². The first kappa shape index (κ1) is 14.6. The zero-order valence-corrected chi connectivity index (χ0v) is 10.8. The number of rotatable bonds is 5. The normalized spacial score (nSPS) is 9.36. The molecule has 0 aliphatic heterocycles. The van der Waals surface area contributed by atoms with Crippen molar-refractivity contribution in [2.24, 2.45) is 5.92 Å². The number of carbonyl (C=O) groups excluding carboxylic acids is 1. The van der Waals surface area contributed by atoms with Gasteiger partial charge in [0, 0.05) is 5.97 Å². The summed E-state index contributed by atoms with van der Waals surface area (Å²) in [6.45, 7) is 4.28. The molecule has 0 unspecified atom stereocenters. The van der Waals surface area contributed by atoms with Crippen molar-refractivity contribution in [3.63, 3.8) is 0 Å². The second-order valence-electron chi connectivity index (χ2n) is 3.01. The molecule has 0 aromatic carbocycles. The molecule has 0 spiro atoms. The van der Waals surface area contributed by atoms with Gasteiger partial charge >= 0.3 is 51.4 Å². The molecule has 0 aromatic heterocycles. The number of unbranched alkanes of at least 4 members (excludes halogenated alkanes) is 1. The maximum atomic E-state index is 9.93. The van der Waals surface area contributed by atoms with Crippen LogP contribution in [-0.4, -0.2) is 5.97 Å². The Bertz CT molecular complexity index is 102. The minimum Gasteiger partial charge on any atom is -0.550 e. The first-order valence-corrected chi connectivity index (χ1v) is 3.82. The maximum Gasteiger partial charge on any atom is 1.00 e. The number of hydrogen-bond donors (Lipinski definition) is 0. The zero-order chi connectivity index (χ0) is 7.98. The molecule has 0 radical (unpaired) electrons. The zero-order valence-electron chi connectivity index (χ0n) is 7.72. The van der Waals surface area contributed by atoms with Gasteiger partial charge in [-0.05, 0) is 18.8 Å². The molecule has 0 amide bonds. The van der Waals surface area contributed by atoms with Crippen molar-refractivity contribution in [3.8, 4) is 0 Å². The van der Waals surface area contributed by atoms with Crippen molar-refractivity contribution >= 4 is 5.97 Å². The number of aliphatic carboxylic acids is 1. The van der Waals surface area contributed by atoms with E-state index < -0.39 is 5.97 Å². The molecule has 0 atom stereocenters. The van der Waals surface area contributed by atoms with Crippen molar-refractivity contribution < 1.29 is 61.3 Å². The van der Waals surface area contributed by atoms with E-state index in [0.29, 0.717) is 5.92 Å². The van der Waals surface area contributed by atoms with Crippen molar-refractivity contribution in [1.29, 1.82) is 0 Å². The van der Waals surface area contributed by atoms with Gasteiger partial charge in [-0.3, -0.25) is 0 Å². The standard InChI is InChI=1S/C8H16O2.K/c1-7(2)5-3-4-6-8(9)10;/h7H,3-6H2,1-2H3,(H,9,10);/q;+1/p-1. The summed E-state index contributed by atoms with van der Waals surface area (Å²) in [5, 5.41) is 9.93. The van der Waals surface area contributed by atoms with E-state index in [2.05, 4.69) is 13.8 Å². The molecule has 2 nitrogen and oxygen atoms in total. The molecule has 11 heavy (non-hydrogen) atoms. The summed E-state index contributed by atoms with van der Waals surface area (Å²) >= 11 is 0. The van der Waals surface area contributed by atoms with Gasteiger partial charge in [0.1, 0.15) is 0 Å². The number of carboxylic acids is 1. The SMILES string of the molecule is CC(C)CCCCC(=O)[O-].[K+]. The monoisotopic (exact) mass is 182 g/mol. The molecule has 60 valence electrons. The van der Waals surface area contributed by atoms with Gasteiger partial charge in [-0.1, -0.05) is 26.7 Å². The Morgan fingerprint density at radius 1 is 1.36 bits per heavy atom. The predicted molar refractivity (Wildman–Crippen MR) is 38.3 cm³/mol. The van der Waals surface area contributed by atoms with Crippen LogP contribution in [0.25, 0.3) is 0 Å². The third kappa shape index (κ3) is 14.0. The van der Waals surface area contributed by atoms with Crippen molar-refractivity contribution in [2.45, 2.75) is 39.5 Å². The van der Waals surface area contributed by atoms with Gasteiger partial charge in [0.15, 0.2) is 0 Å². The summed E-state index contributed by atoms with van der Waals surface area (Å²) in [7, 11) is 0. The van der Waals surface area contributed by atoms with Gasteiger partial charge in [-0.25, -0.2) is 0 Å². The fourth-order valence-electron chi connectivity index (χ4n) is 0.822. The van der Waals surface area contributed by atoms with E-state index in [1.165, 1.54) is 0 Å². The minimum atomic E-state index is -0.927. The van der Waals surface area contributed by atoms with Gasteiger partial charge < -0.3 is 9.90 Å². The molecule has 0 fully saturated rings. The summed E-state index contributed by atoms with van der Waals surface area (Å²) in [6, 6.07) is 0. The molecule has 0 aromatic rings.